The second kappa shape index (κ2) is 5.71. The molecule has 0 bridgehead atoms. The van der Waals surface area contributed by atoms with Crippen LogP contribution in [0.5, 0.6) is 0 Å². The van der Waals surface area contributed by atoms with Crippen molar-refractivity contribution in [2.75, 3.05) is 6.54 Å². The second-order valence-corrected chi connectivity index (χ2v) is 7.45. The minimum atomic E-state index is -3.52. The summed E-state index contributed by atoms with van der Waals surface area (Å²) in [6.45, 7) is 6.27. The van der Waals surface area contributed by atoms with Crippen LogP contribution >= 0.6 is 0 Å². The van der Waals surface area contributed by atoms with E-state index in [0.717, 1.165) is 17.5 Å². The van der Waals surface area contributed by atoms with E-state index in [9.17, 15) is 8.42 Å². The largest absolute Gasteiger partial charge is 0.243 e. The number of fused-ring (bicyclic) bond motifs is 1. The van der Waals surface area contributed by atoms with Crippen molar-refractivity contribution in [3.63, 3.8) is 0 Å². The number of rotatable bonds is 3. The van der Waals surface area contributed by atoms with Gasteiger partial charge in [-0.3, -0.25) is 0 Å². The SMILES string of the molecule is C=C[C@H]1c2ccccc2CCN1S(=O)(=O)c1ccc(C)cc1. The Labute approximate surface area is 132 Å². The Bertz CT molecular complexity index is 794. The first-order valence-electron chi connectivity index (χ1n) is 7.33. The molecule has 0 unspecified atom stereocenters. The van der Waals surface area contributed by atoms with Crippen LogP contribution in [0.2, 0.25) is 0 Å². The first-order valence-corrected chi connectivity index (χ1v) is 8.77. The standard InChI is InChI=1S/C18H19NO2S/c1-3-18-17-7-5-4-6-15(17)12-13-19(18)22(20,21)16-10-8-14(2)9-11-16/h3-11,18H,1,12-13H2,2H3/t18-/m0/s1. The lowest BCUT2D eigenvalue weighted by molar-refractivity contribution is 0.352. The average Bonchev–Trinajstić information content (AvgIpc) is 2.54. The molecule has 0 N–H and O–H groups in total. The van der Waals surface area contributed by atoms with Crippen LogP contribution < -0.4 is 0 Å². The monoisotopic (exact) mass is 313 g/mol. The quantitative estimate of drug-likeness (QED) is 0.814. The van der Waals surface area contributed by atoms with Crippen LogP contribution in [0.25, 0.3) is 0 Å². The van der Waals surface area contributed by atoms with Crippen LogP contribution in [-0.4, -0.2) is 19.3 Å². The normalized spacial score (nSPS) is 18.7. The Balaban J connectivity index is 2.04. The molecule has 0 saturated heterocycles. The van der Waals surface area contributed by atoms with Crippen molar-refractivity contribution in [1.82, 2.24) is 4.31 Å². The third kappa shape index (κ3) is 2.49. The number of aryl methyl sites for hydroxylation is 1. The Hall–Kier alpha value is -1.91. The molecule has 0 aromatic heterocycles. The summed E-state index contributed by atoms with van der Waals surface area (Å²) in [5.41, 5.74) is 3.27. The molecule has 0 saturated carbocycles. The van der Waals surface area contributed by atoms with Crippen molar-refractivity contribution < 1.29 is 8.42 Å². The predicted molar refractivity (Wildman–Crippen MR) is 88.2 cm³/mol. The Morgan fingerprint density at radius 2 is 1.82 bits per heavy atom. The first-order chi connectivity index (χ1) is 10.5. The van der Waals surface area contributed by atoms with E-state index in [4.69, 9.17) is 0 Å². The lowest BCUT2D eigenvalue weighted by atomic mass is 9.94. The molecule has 114 valence electrons. The zero-order valence-corrected chi connectivity index (χ0v) is 13.4. The number of hydrogen-bond donors (Lipinski definition) is 0. The van der Waals surface area contributed by atoms with Gasteiger partial charge in [0, 0.05) is 6.54 Å². The summed E-state index contributed by atoms with van der Waals surface area (Å²) >= 11 is 0. The van der Waals surface area contributed by atoms with E-state index in [2.05, 4.69) is 12.6 Å². The van der Waals surface area contributed by atoms with Crippen LogP contribution in [0.3, 0.4) is 0 Å². The Morgan fingerprint density at radius 1 is 1.14 bits per heavy atom. The van der Waals surface area contributed by atoms with Gasteiger partial charge in [0.1, 0.15) is 0 Å². The predicted octanol–water partition coefficient (Wildman–Crippen LogP) is 3.47. The van der Waals surface area contributed by atoms with Gasteiger partial charge in [-0.1, -0.05) is 48.0 Å². The molecule has 2 aromatic carbocycles. The van der Waals surface area contributed by atoms with Gasteiger partial charge < -0.3 is 0 Å². The molecule has 0 radical (unpaired) electrons. The average molecular weight is 313 g/mol. The van der Waals surface area contributed by atoms with Crippen LogP contribution in [-0.2, 0) is 16.4 Å². The van der Waals surface area contributed by atoms with Gasteiger partial charge in [-0.05, 0) is 36.6 Å². The Morgan fingerprint density at radius 3 is 2.50 bits per heavy atom. The maximum Gasteiger partial charge on any atom is 0.243 e. The van der Waals surface area contributed by atoms with Crippen molar-refractivity contribution in [2.45, 2.75) is 24.3 Å². The fourth-order valence-corrected chi connectivity index (χ4v) is 4.52. The number of sulfonamides is 1. The zero-order valence-electron chi connectivity index (χ0n) is 12.6. The summed E-state index contributed by atoms with van der Waals surface area (Å²) < 4.78 is 27.5. The summed E-state index contributed by atoms with van der Waals surface area (Å²) in [5.74, 6) is 0. The number of nitrogens with zero attached hydrogens (tertiary/aromatic N) is 1. The molecular formula is C18H19NO2S. The van der Waals surface area contributed by atoms with Crippen LogP contribution in [0, 0.1) is 6.92 Å². The lowest BCUT2D eigenvalue weighted by Crippen LogP contribution is -2.39. The highest BCUT2D eigenvalue weighted by Gasteiger charge is 2.34. The van der Waals surface area contributed by atoms with E-state index in [1.807, 2.05) is 37.3 Å². The second-order valence-electron chi connectivity index (χ2n) is 5.56. The van der Waals surface area contributed by atoms with Crippen LogP contribution in [0.15, 0.2) is 66.1 Å². The minimum absolute atomic E-state index is 0.309. The molecule has 1 heterocycles. The summed E-state index contributed by atoms with van der Waals surface area (Å²) in [5, 5.41) is 0. The summed E-state index contributed by atoms with van der Waals surface area (Å²) in [6, 6.07) is 14.7. The van der Waals surface area contributed by atoms with Crippen molar-refractivity contribution >= 4 is 10.0 Å². The van der Waals surface area contributed by atoms with E-state index < -0.39 is 10.0 Å². The third-order valence-electron chi connectivity index (χ3n) is 4.14. The molecule has 0 aliphatic carbocycles. The molecule has 4 heteroatoms. The van der Waals surface area contributed by atoms with E-state index >= 15 is 0 Å². The molecule has 3 rings (SSSR count). The fourth-order valence-electron chi connectivity index (χ4n) is 2.94. The van der Waals surface area contributed by atoms with E-state index in [-0.39, 0.29) is 6.04 Å². The van der Waals surface area contributed by atoms with E-state index in [0.29, 0.717) is 11.4 Å². The zero-order chi connectivity index (χ0) is 15.7. The van der Waals surface area contributed by atoms with Gasteiger partial charge in [0.2, 0.25) is 10.0 Å². The highest BCUT2D eigenvalue weighted by molar-refractivity contribution is 7.89. The number of hydrogen-bond acceptors (Lipinski definition) is 2. The van der Waals surface area contributed by atoms with Gasteiger partial charge in [-0.2, -0.15) is 4.31 Å². The highest BCUT2D eigenvalue weighted by atomic mass is 32.2. The van der Waals surface area contributed by atoms with Gasteiger partial charge in [0.15, 0.2) is 0 Å². The van der Waals surface area contributed by atoms with Gasteiger partial charge in [-0.25, -0.2) is 8.42 Å². The van der Waals surface area contributed by atoms with Gasteiger partial charge in [0.05, 0.1) is 10.9 Å². The molecule has 1 atom stereocenters. The van der Waals surface area contributed by atoms with Gasteiger partial charge in [-0.15, -0.1) is 6.58 Å². The van der Waals surface area contributed by atoms with Crippen LogP contribution in [0.4, 0.5) is 0 Å². The smallest absolute Gasteiger partial charge is 0.207 e. The number of benzene rings is 2. The van der Waals surface area contributed by atoms with Crippen molar-refractivity contribution in [1.29, 1.82) is 0 Å². The lowest BCUT2D eigenvalue weighted by Gasteiger charge is -2.34. The van der Waals surface area contributed by atoms with Crippen molar-refractivity contribution in [3.8, 4) is 0 Å². The van der Waals surface area contributed by atoms with Crippen molar-refractivity contribution in [3.05, 3.63) is 77.9 Å². The topological polar surface area (TPSA) is 37.4 Å². The molecule has 1 aliphatic heterocycles. The molecule has 3 nitrogen and oxygen atoms in total. The molecule has 0 spiro atoms. The van der Waals surface area contributed by atoms with Crippen molar-refractivity contribution in [2.24, 2.45) is 0 Å². The molecule has 22 heavy (non-hydrogen) atoms. The highest BCUT2D eigenvalue weighted by Crippen LogP contribution is 2.34. The fraction of sp³-hybridized carbons (Fsp3) is 0.222. The molecule has 1 aliphatic rings. The summed E-state index contributed by atoms with van der Waals surface area (Å²) in [6.07, 6.45) is 2.44. The summed E-state index contributed by atoms with van der Waals surface area (Å²) in [7, 11) is -3.52. The first kappa shape index (κ1) is 15.0. The van der Waals surface area contributed by atoms with Gasteiger partial charge in [0.25, 0.3) is 0 Å². The maximum atomic E-state index is 13.0. The van der Waals surface area contributed by atoms with Gasteiger partial charge >= 0.3 is 0 Å². The summed E-state index contributed by atoms with van der Waals surface area (Å²) in [4.78, 5) is 0.337. The third-order valence-corrected chi connectivity index (χ3v) is 6.03. The minimum Gasteiger partial charge on any atom is -0.207 e. The Kier molecular flexibility index (Phi) is 3.89. The molecular weight excluding hydrogens is 294 g/mol. The molecule has 2 aromatic rings. The van der Waals surface area contributed by atoms with E-state index in [1.165, 1.54) is 5.56 Å². The maximum absolute atomic E-state index is 13.0. The molecule has 0 fully saturated rings. The molecule has 0 amide bonds. The van der Waals surface area contributed by atoms with Crippen LogP contribution in [0.1, 0.15) is 22.7 Å². The van der Waals surface area contributed by atoms with E-state index in [1.54, 1.807) is 22.5 Å².